The maximum absolute atomic E-state index is 12.3. The van der Waals surface area contributed by atoms with E-state index in [-0.39, 0.29) is 35.5 Å². The molecule has 4 aliphatic rings. The van der Waals surface area contributed by atoms with E-state index in [1.165, 1.54) is 6.33 Å². The summed E-state index contributed by atoms with van der Waals surface area (Å²) in [6.07, 6.45) is 1.75. The lowest BCUT2D eigenvalue weighted by molar-refractivity contribution is -0.170. The topological polar surface area (TPSA) is 178 Å². The summed E-state index contributed by atoms with van der Waals surface area (Å²) in [6, 6.07) is 0. The van der Waals surface area contributed by atoms with E-state index in [0.717, 1.165) is 6.42 Å². The zero-order valence-corrected chi connectivity index (χ0v) is 18.0. The second kappa shape index (κ2) is 7.65. The van der Waals surface area contributed by atoms with Crippen LogP contribution in [0.1, 0.15) is 38.4 Å². The van der Waals surface area contributed by atoms with E-state index in [2.05, 4.69) is 37.4 Å². The molecule has 174 valence electrons. The number of nitrogens with zero attached hydrogens (tertiary/aromatic N) is 4. The number of aliphatic hydroxyl groups is 2. The highest BCUT2D eigenvalue weighted by Gasteiger charge is 2.68. The molecule has 2 aromatic rings. The van der Waals surface area contributed by atoms with Crippen molar-refractivity contribution in [2.75, 3.05) is 18.8 Å². The minimum absolute atomic E-state index is 0.00717. The van der Waals surface area contributed by atoms with Crippen LogP contribution in [0, 0.1) is 17.8 Å². The van der Waals surface area contributed by atoms with Gasteiger partial charge in [-0.2, -0.15) is 0 Å². The van der Waals surface area contributed by atoms with E-state index in [0.29, 0.717) is 31.4 Å². The molecule has 1 saturated carbocycles. The zero-order valence-electron chi connectivity index (χ0n) is 18.0. The molecular weight excluding hydrogens is 430 g/mol. The van der Waals surface area contributed by atoms with Crippen LogP contribution >= 0.6 is 0 Å². The van der Waals surface area contributed by atoms with E-state index >= 15 is 0 Å². The Bertz CT molecular complexity index is 1200. The van der Waals surface area contributed by atoms with Gasteiger partial charge in [0.25, 0.3) is 5.91 Å². The number of imidazole rings is 1. The smallest absolute Gasteiger partial charge is 0.264 e. The minimum atomic E-state index is -1.84. The Hall–Kier alpha value is -3.27. The van der Waals surface area contributed by atoms with E-state index in [1.54, 1.807) is 4.57 Å². The van der Waals surface area contributed by atoms with E-state index in [1.807, 2.05) is 6.92 Å². The summed E-state index contributed by atoms with van der Waals surface area (Å²) < 4.78 is 7.57. The number of fused-ring (bicyclic) bond motifs is 2. The Morgan fingerprint density at radius 3 is 3.03 bits per heavy atom. The number of nitrogens with two attached hydrogens (primary N) is 1. The average Bonchev–Trinajstić information content (AvgIpc) is 3.44. The summed E-state index contributed by atoms with van der Waals surface area (Å²) in [5, 5.41) is 26.8. The number of hydrogen-bond donors (Lipinski definition) is 5. The Balaban J connectivity index is 1.50. The lowest BCUT2D eigenvalue weighted by atomic mass is 9.74. The monoisotopic (exact) mass is 455 g/mol. The molecule has 6 N–H and O–H groups in total. The predicted molar refractivity (Wildman–Crippen MR) is 114 cm³/mol. The predicted octanol–water partition coefficient (Wildman–Crippen LogP) is -1.64. The molecule has 12 heteroatoms. The lowest BCUT2D eigenvalue weighted by Crippen LogP contribution is -2.54. The molecule has 3 saturated heterocycles. The number of ether oxygens (including phenoxy) is 1. The molecular formula is C21H25N7O5. The molecule has 12 nitrogen and oxygen atoms in total. The molecule has 0 aromatic carbocycles. The van der Waals surface area contributed by atoms with Crippen LogP contribution in [0.25, 0.3) is 11.2 Å². The normalized spacial score (nSPS) is 32.9. The van der Waals surface area contributed by atoms with Crippen molar-refractivity contribution in [2.24, 2.45) is 5.92 Å². The zero-order chi connectivity index (χ0) is 23.4. The van der Waals surface area contributed by atoms with Crippen LogP contribution in [0.15, 0.2) is 6.33 Å². The van der Waals surface area contributed by atoms with Crippen LogP contribution < -0.4 is 16.4 Å². The molecule has 1 aliphatic carbocycles. The Morgan fingerprint density at radius 1 is 1.45 bits per heavy atom. The highest BCUT2D eigenvalue weighted by molar-refractivity contribution is 5.89. The Morgan fingerprint density at radius 2 is 2.27 bits per heavy atom. The fourth-order valence-corrected chi connectivity index (χ4v) is 4.76. The first-order valence-corrected chi connectivity index (χ1v) is 11.0. The first-order chi connectivity index (χ1) is 15.8. The van der Waals surface area contributed by atoms with Crippen LogP contribution in [0.3, 0.4) is 0 Å². The third-order valence-corrected chi connectivity index (χ3v) is 6.56. The number of aliphatic hydroxyl groups excluding tert-OH is 1. The van der Waals surface area contributed by atoms with Gasteiger partial charge in [-0.1, -0.05) is 0 Å². The van der Waals surface area contributed by atoms with Gasteiger partial charge in [0.05, 0.1) is 6.33 Å². The van der Waals surface area contributed by atoms with Gasteiger partial charge in [0, 0.05) is 25.4 Å². The molecule has 0 radical (unpaired) electrons. The number of rotatable bonds is 3. The van der Waals surface area contributed by atoms with Crippen molar-refractivity contribution in [1.29, 1.82) is 0 Å². The van der Waals surface area contributed by atoms with Crippen molar-refractivity contribution >= 4 is 28.8 Å². The van der Waals surface area contributed by atoms with E-state index in [9.17, 15) is 19.8 Å². The molecule has 3 aliphatic heterocycles. The van der Waals surface area contributed by atoms with Crippen LogP contribution in [0.4, 0.5) is 5.82 Å². The van der Waals surface area contributed by atoms with Gasteiger partial charge in [0.15, 0.2) is 17.2 Å². The lowest BCUT2D eigenvalue weighted by Gasteiger charge is -2.42. The maximum Gasteiger partial charge on any atom is 0.264 e. The van der Waals surface area contributed by atoms with Gasteiger partial charge in [0.2, 0.25) is 17.3 Å². The number of anilines is 1. The number of carbonyl (C=O) groups is 2. The summed E-state index contributed by atoms with van der Waals surface area (Å²) in [5.41, 5.74) is 3.60. The molecule has 6 rings (SSSR count). The van der Waals surface area contributed by atoms with Crippen LogP contribution in [0.2, 0.25) is 0 Å². The standard InChI is InChI=1S/C21H25N7O5/c1-2-23-18(30)14-11-9-21(33-14,15(11)29)28-10-25-13-16(22)26-12(27-17(13)28)5-7-20(32)6-3-4-8-24-19(20)31/h10-11,14-15,29,32H,2-4,6,8-9H2,1H3,(H,23,30)(H,24,31)(H2,22,26,27)/t11?,14-,15?,20?,21+/m0/s1. The molecule has 2 bridgehead atoms. The number of amides is 2. The third kappa shape index (κ3) is 3.23. The number of aromatic nitrogens is 4. The molecule has 2 amide bonds. The van der Waals surface area contributed by atoms with Crippen molar-refractivity contribution in [3.63, 3.8) is 0 Å². The van der Waals surface area contributed by atoms with Gasteiger partial charge in [-0.25, -0.2) is 15.0 Å². The van der Waals surface area contributed by atoms with Crippen LogP contribution in [0.5, 0.6) is 0 Å². The highest BCUT2D eigenvalue weighted by Crippen LogP contribution is 2.56. The molecule has 33 heavy (non-hydrogen) atoms. The van der Waals surface area contributed by atoms with Crippen molar-refractivity contribution in [2.45, 2.75) is 56.1 Å². The maximum atomic E-state index is 12.3. The third-order valence-electron chi connectivity index (χ3n) is 6.56. The molecule has 0 spiro atoms. The fourth-order valence-electron chi connectivity index (χ4n) is 4.76. The second-order valence-electron chi connectivity index (χ2n) is 8.63. The van der Waals surface area contributed by atoms with Gasteiger partial charge < -0.3 is 31.3 Å². The summed E-state index contributed by atoms with van der Waals surface area (Å²) >= 11 is 0. The summed E-state index contributed by atoms with van der Waals surface area (Å²) in [7, 11) is 0. The SMILES string of the molecule is CCNC(=O)[C@H]1O[C@]2(n3cnc4c(N)nc(C#CC5(O)CCCCNC5=O)nc43)CC1C2O. The number of likely N-dealkylation sites (N-methyl/N-ethyl adjacent to an activating group) is 1. The van der Waals surface area contributed by atoms with Crippen molar-refractivity contribution in [3.05, 3.63) is 12.2 Å². The van der Waals surface area contributed by atoms with Gasteiger partial charge in [0.1, 0.15) is 17.7 Å². The van der Waals surface area contributed by atoms with Crippen LogP contribution in [-0.2, 0) is 20.1 Å². The number of carbonyl (C=O) groups excluding carboxylic acids is 2. The second-order valence-corrected chi connectivity index (χ2v) is 8.63. The number of nitrogen functional groups attached to an aromatic ring is 1. The van der Waals surface area contributed by atoms with E-state index in [4.69, 9.17) is 10.5 Å². The first-order valence-electron chi connectivity index (χ1n) is 11.0. The van der Waals surface area contributed by atoms with Gasteiger partial charge >= 0.3 is 0 Å². The molecule has 4 fully saturated rings. The first kappa shape index (κ1) is 21.6. The van der Waals surface area contributed by atoms with Crippen molar-refractivity contribution in [3.8, 4) is 11.8 Å². The quantitative estimate of drug-likeness (QED) is 0.340. The van der Waals surface area contributed by atoms with Crippen molar-refractivity contribution < 1.29 is 24.5 Å². The van der Waals surface area contributed by atoms with Gasteiger partial charge in [-0.05, 0) is 38.0 Å². The van der Waals surface area contributed by atoms with Gasteiger partial charge in [-0.3, -0.25) is 14.2 Å². The largest absolute Gasteiger partial charge is 0.388 e. The molecule has 3 unspecified atom stereocenters. The Labute approximate surface area is 188 Å². The summed E-state index contributed by atoms with van der Waals surface area (Å²) in [5.74, 6) is 4.14. The summed E-state index contributed by atoms with van der Waals surface area (Å²) in [4.78, 5) is 37.4. The van der Waals surface area contributed by atoms with Crippen LogP contribution in [-0.4, -0.2) is 72.4 Å². The fraction of sp³-hybridized carbons (Fsp3) is 0.571. The number of nitrogens with one attached hydrogen (secondary N) is 2. The molecule has 2 aromatic heterocycles. The molecule has 5 atom stereocenters. The van der Waals surface area contributed by atoms with Gasteiger partial charge in [-0.15, -0.1) is 0 Å². The average molecular weight is 455 g/mol. The Kier molecular flexibility index (Phi) is 5.00. The van der Waals surface area contributed by atoms with E-state index < -0.39 is 29.4 Å². The number of hydrogen-bond acceptors (Lipinski definition) is 9. The van der Waals surface area contributed by atoms with Crippen molar-refractivity contribution in [1.82, 2.24) is 30.2 Å². The molecule has 5 heterocycles. The highest BCUT2D eigenvalue weighted by atomic mass is 16.6. The minimum Gasteiger partial charge on any atom is -0.388 e. The summed E-state index contributed by atoms with van der Waals surface area (Å²) in [6.45, 7) is 2.75.